The number of rotatable bonds is 5. The Kier molecular flexibility index (Phi) is 5.47. The van der Waals surface area contributed by atoms with Crippen molar-refractivity contribution in [3.05, 3.63) is 70.6 Å². The third-order valence-corrected chi connectivity index (χ3v) is 5.01. The second-order valence-electron chi connectivity index (χ2n) is 6.58. The van der Waals surface area contributed by atoms with Crippen molar-refractivity contribution in [3.63, 3.8) is 0 Å². The first-order valence-corrected chi connectivity index (χ1v) is 8.70. The number of hydrogen-bond donors (Lipinski definition) is 1. The molecule has 0 fully saturated rings. The van der Waals surface area contributed by atoms with Gasteiger partial charge in [0.2, 0.25) is 0 Å². The third kappa shape index (κ3) is 3.58. The highest BCUT2D eigenvalue weighted by Gasteiger charge is 2.39. The van der Waals surface area contributed by atoms with E-state index in [1.54, 1.807) is 6.08 Å². The molecule has 1 aliphatic carbocycles. The molecule has 1 N–H and O–H groups in total. The predicted molar refractivity (Wildman–Crippen MR) is 96.7 cm³/mol. The molecular weight excluding hydrogens is 315 g/mol. The van der Waals surface area contributed by atoms with Crippen LogP contribution in [0.4, 0.5) is 4.39 Å². The molecule has 0 saturated heterocycles. The topological polar surface area (TPSA) is 45.0 Å². The Bertz CT molecular complexity index is 773. The smallest absolute Gasteiger partial charge is 0.119 e. The zero-order chi connectivity index (χ0) is 17.7. The van der Waals surface area contributed by atoms with E-state index in [-0.39, 0.29) is 11.2 Å². The summed E-state index contributed by atoms with van der Waals surface area (Å²) < 4.78 is 19.6. The summed E-state index contributed by atoms with van der Waals surface area (Å²) in [6, 6.07) is 8.04. The number of fused-ring (bicyclic) bond motifs is 1. The molecule has 0 spiro atoms. The van der Waals surface area contributed by atoms with Crippen LogP contribution in [0.1, 0.15) is 36.0 Å². The van der Waals surface area contributed by atoms with Crippen molar-refractivity contribution in [3.8, 4) is 6.07 Å². The summed E-state index contributed by atoms with van der Waals surface area (Å²) in [5.41, 5.74) is 3.70. The van der Waals surface area contributed by atoms with Crippen LogP contribution in [0, 0.1) is 11.3 Å². The molecule has 1 heterocycles. The third-order valence-electron chi connectivity index (χ3n) is 5.01. The van der Waals surface area contributed by atoms with E-state index in [9.17, 15) is 9.65 Å². The minimum Gasteiger partial charge on any atom is -0.375 e. The molecule has 25 heavy (non-hydrogen) atoms. The first kappa shape index (κ1) is 17.6. The number of hydrogen-bond acceptors (Lipinski definition) is 3. The van der Waals surface area contributed by atoms with Gasteiger partial charge < -0.3 is 10.1 Å². The Hall–Kier alpha value is -2.22. The first-order valence-electron chi connectivity index (χ1n) is 8.70. The average molecular weight is 338 g/mol. The lowest BCUT2D eigenvalue weighted by atomic mass is 9.68. The van der Waals surface area contributed by atoms with Crippen LogP contribution in [0.15, 0.2) is 53.9 Å². The average Bonchev–Trinajstić information content (AvgIpc) is 2.86. The number of nitriles is 1. The molecule has 0 unspecified atom stereocenters. The summed E-state index contributed by atoms with van der Waals surface area (Å²) in [6.07, 6.45) is 9.58. The first-order chi connectivity index (χ1) is 12.2. The van der Waals surface area contributed by atoms with Crippen molar-refractivity contribution in [2.24, 2.45) is 0 Å². The second kappa shape index (κ2) is 7.77. The molecule has 0 radical (unpaired) electrons. The summed E-state index contributed by atoms with van der Waals surface area (Å²) in [6.45, 7) is 2.01. The SMILES string of the molecule is CNCCC[C@@]1(C2=CCC=C(F)C=C2)COCc2cc(C#N)ccc21. The summed E-state index contributed by atoms with van der Waals surface area (Å²) >= 11 is 0. The van der Waals surface area contributed by atoms with E-state index in [4.69, 9.17) is 4.74 Å². The molecule has 0 saturated carbocycles. The Labute approximate surface area is 148 Å². The van der Waals surface area contributed by atoms with Gasteiger partial charge in [-0.3, -0.25) is 0 Å². The normalized spacial score (nSPS) is 22.4. The molecule has 3 rings (SSSR count). The monoisotopic (exact) mass is 338 g/mol. The molecule has 0 bridgehead atoms. The van der Waals surface area contributed by atoms with Crippen LogP contribution in [0.5, 0.6) is 0 Å². The van der Waals surface area contributed by atoms with E-state index in [1.807, 2.05) is 25.3 Å². The van der Waals surface area contributed by atoms with Crippen molar-refractivity contribution in [1.29, 1.82) is 5.26 Å². The van der Waals surface area contributed by atoms with Crippen LogP contribution in [-0.2, 0) is 16.8 Å². The molecule has 130 valence electrons. The van der Waals surface area contributed by atoms with Crippen molar-refractivity contribution < 1.29 is 9.13 Å². The number of allylic oxidation sites excluding steroid dienone is 5. The number of nitrogens with one attached hydrogen (secondary N) is 1. The van der Waals surface area contributed by atoms with Gasteiger partial charge in [-0.1, -0.05) is 18.2 Å². The fraction of sp³-hybridized carbons (Fsp3) is 0.381. The van der Waals surface area contributed by atoms with Gasteiger partial charge >= 0.3 is 0 Å². The standard InChI is InChI=1S/C21H23FN2O/c1-24-11-3-10-21(18-4-2-5-19(22)8-7-18)15-25-14-17-12-16(13-23)6-9-20(17)21/h4-9,12,24H,2-3,10-11,14-15H2,1H3/t21-/m0/s1. The van der Waals surface area contributed by atoms with Gasteiger partial charge in [0.05, 0.1) is 24.8 Å². The highest BCUT2D eigenvalue weighted by atomic mass is 19.1. The van der Waals surface area contributed by atoms with Gasteiger partial charge in [0, 0.05) is 5.41 Å². The Morgan fingerprint density at radius 1 is 1.32 bits per heavy atom. The Morgan fingerprint density at radius 3 is 3.00 bits per heavy atom. The van der Waals surface area contributed by atoms with E-state index in [0.29, 0.717) is 25.2 Å². The molecule has 4 heteroatoms. The molecule has 3 nitrogen and oxygen atoms in total. The van der Waals surface area contributed by atoms with Crippen LogP contribution in [0.2, 0.25) is 0 Å². The lowest BCUT2D eigenvalue weighted by molar-refractivity contribution is 0.0610. The van der Waals surface area contributed by atoms with Crippen molar-refractivity contribution >= 4 is 0 Å². The zero-order valence-corrected chi connectivity index (χ0v) is 14.5. The van der Waals surface area contributed by atoms with Crippen LogP contribution in [-0.4, -0.2) is 20.2 Å². The number of halogens is 1. The summed E-state index contributed by atoms with van der Waals surface area (Å²) in [4.78, 5) is 0. The molecule has 1 atom stereocenters. The number of ether oxygens (including phenoxy) is 1. The fourth-order valence-electron chi connectivity index (χ4n) is 3.78. The van der Waals surface area contributed by atoms with Gasteiger partial charge in [0.1, 0.15) is 5.83 Å². The molecule has 0 amide bonds. The van der Waals surface area contributed by atoms with Gasteiger partial charge in [0.25, 0.3) is 0 Å². The zero-order valence-electron chi connectivity index (χ0n) is 14.5. The quantitative estimate of drug-likeness (QED) is 0.823. The van der Waals surface area contributed by atoms with E-state index in [2.05, 4.69) is 23.5 Å². The van der Waals surface area contributed by atoms with Crippen LogP contribution >= 0.6 is 0 Å². The maximum atomic E-state index is 13.7. The number of benzene rings is 1. The predicted octanol–water partition coefficient (Wildman–Crippen LogP) is 4.07. The van der Waals surface area contributed by atoms with Gasteiger partial charge in [-0.25, -0.2) is 4.39 Å². The van der Waals surface area contributed by atoms with E-state index in [1.165, 1.54) is 11.6 Å². The maximum Gasteiger partial charge on any atom is 0.119 e. The Morgan fingerprint density at radius 2 is 2.20 bits per heavy atom. The van der Waals surface area contributed by atoms with E-state index < -0.39 is 0 Å². The molecular formula is C21H23FN2O. The summed E-state index contributed by atoms with van der Waals surface area (Å²) in [5, 5.41) is 12.4. The maximum absolute atomic E-state index is 13.7. The fourth-order valence-corrected chi connectivity index (χ4v) is 3.78. The molecule has 1 aromatic rings. The van der Waals surface area contributed by atoms with E-state index >= 15 is 0 Å². The second-order valence-corrected chi connectivity index (χ2v) is 6.58. The lowest BCUT2D eigenvalue weighted by Gasteiger charge is -2.40. The van der Waals surface area contributed by atoms with Crippen LogP contribution < -0.4 is 5.32 Å². The number of nitrogens with zero attached hydrogens (tertiary/aromatic N) is 1. The van der Waals surface area contributed by atoms with Crippen molar-refractivity contribution in [2.75, 3.05) is 20.2 Å². The molecule has 0 aromatic heterocycles. The largest absolute Gasteiger partial charge is 0.375 e. The lowest BCUT2D eigenvalue weighted by Crippen LogP contribution is -2.38. The van der Waals surface area contributed by atoms with Gasteiger partial charge in [-0.15, -0.1) is 0 Å². The van der Waals surface area contributed by atoms with Crippen LogP contribution in [0.25, 0.3) is 0 Å². The van der Waals surface area contributed by atoms with Crippen molar-refractivity contribution in [1.82, 2.24) is 5.32 Å². The minimum atomic E-state index is -0.298. The summed E-state index contributed by atoms with van der Waals surface area (Å²) in [5.74, 6) is -0.201. The van der Waals surface area contributed by atoms with Gasteiger partial charge in [-0.05, 0) is 73.8 Å². The minimum absolute atomic E-state index is 0.201. The molecule has 2 aliphatic rings. The van der Waals surface area contributed by atoms with Gasteiger partial charge in [0.15, 0.2) is 0 Å². The Balaban J connectivity index is 2.06. The van der Waals surface area contributed by atoms with Crippen LogP contribution in [0.3, 0.4) is 0 Å². The van der Waals surface area contributed by atoms with E-state index in [0.717, 1.165) is 30.5 Å². The molecule has 1 aliphatic heterocycles. The van der Waals surface area contributed by atoms with Gasteiger partial charge in [-0.2, -0.15) is 5.26 Å². The molecule has 1 aromatic carbocycles. The highest BCUT2D eigenvalue weighted by molar-refractivity contribution is 5.51. The van der Waals surface area contributed by atoms with Crippen molar-refractivity contribution in [2.45, 2.75) is 31.3 Å². The summed E-state index contributed by atoms with van der Waals surface area (Å²) in [7, 11) is 1.95. The highest BCUT2D eigenvalue weighted by Crippen LogP contribution is 2.43.